The van der Waals surface area contributed by atoms with Crippen molar-refractivity contribution in [1.82, 2.24) is 15.0 Å². The van der Waals surface area contributed by atoms with E-state index in [4.69, 9.17) is 15.2 Å². The molecule has 0 amide bonds. The van der Waals surface area contributed by atoms with Gasteiger partial charge in [0.2, 0.25) is 17.8 Å². The minimum absolute atomic E-state index is 0.0780. The number of anilines is 4. The fraction of sp³-hybridized carbons (Fsp3) is 0.296. The SMILES string of the molecule is NCCOCCOCCNc1nc(NCc2ccccc2C(F)(F)F)nc(Nc2ccc3ccccc3c2)n1. The first kappa shape index (κ1) is 28.0. The van der Waals surface area contributed by atoms with Gasteiger partial charge in [-0.3, -0.25) is 0 Å². The number of hydrogen-bond donors (Lipinski definition) is 4. The van der Waals surface area contributed by atoms with Crippen LogP contribution in [0.2, 0.25) is 0 Å². The van der Waals surface area contributed by atoms with Crippen molar-refractivity contribution in [2.45, 2.75) is 12.7 Å². The van der Waals surface area contributed by atoms with E-state index in [-0.39, 0.29) is 30.0 Å². The smallest absolute Gasteiger partial charge is 0.378 e. The van der Waals surface area contributed by atoms with Crippen LogP contribution in [0, 0.1) is 0 Å². The van der Waals surface area contributed by atoms with Gasteiger partial charge in [0.25, 0.3) is 0 Å². The van der Waals surface area contributed by atoms with Crippen LogP contribution in [0.1, 0.15) is 11.1 Å². The van der Waals surface area contributed by atoms with E-state index in [1.807, 2.05) is 42.5 Å². The number of aromatic nitrogens is 3. The number of ether oxygens (including phenoxy) is 2. The Kier molecular flexibility index (Phi) is 9.84. The predicted molar refractivity (Wildman–Crippen MR) is 145 cm³/mol. The van der Waals surface area contributed by atoms with Gasteiger partial charge < -0.3 is 31.2 Å². The molecule has 4 rings (SSSR count). The van der Waals surface area contributed by atoms with Crippen molar-refractivity contribution >= 4 is 34.3 Å². The largest absolute Gasteiger partial charge is 0.416 e. The molecule has 0 aliphatic rings. The number of fused-ring (bicyclic) bond motifs is 1. The van der Waals surface area contributed by atoms with Gasteiger partial charge in [-0.05, 0) is 34.5 Å². The lowest BCUT2D eigenvalue weighted by atomic mass is 10.1. The molecule has 9 nitrogen and oxygen atoms in total. The van der Waals surface area contributed by atoms with Gasteiger partial charge in [0, 0.05) is 25.3 Å². The zero-order chi connectivity index (χ0) is 27.5. The average molecular weight is 542 g/mol. The number of hydrogen-bond acceptors (Lipinski definition) is 9. The summed E-state index contributed by atoms with van der Waals surface area (Å²) < 4.78 is 51.1. The molecule has 1 aromatic heterocycles. The summed E-state index contributed by atoms with van der Waals surface area (Å²) in [6, 6.07) is 19.1. The Morgan fingerprint density at radius 3 is 2.15 bits per heavy atom. The van der Waals surface area contributed by atoms with Crippen molar-refractivity contribution < 1.29 is 22.6 Å². The lowest BCUT2D eigenvalue weighted by Gasteiger charge is -2.14. The van der Waals surface area contributed by atoms with Crippen molar-refractivity contribution in [3.63, 3.8) is 0 Å². The highest BCUT2D eigenvalue weighted by Gasteiger charge is 2.32. The fourth-order valence-electron chi connectivity index (χ4n) is 3.75. The van der Waals surface area contributed by atoms with Crippen LogP contribution in [-0.2, 0) is 22.2 Å². The third-order valence-electron chi connectivity index (χ3n) is 5.56. The third-order valence-corrected chi connectivity index (χ3v) is 5.56. The maximum Gasteiger partial charge on any atom is 0.416 e. The molecule has 206 valence electrons. The normalized spacial score (nSPS) is 11.5. The predicted octanol–water partition coefficient (Wildman–Crippen LogP) is 4.80. The maximum atomic E-state index is 13.4. The molecule has 12 heteroatoms. The Hall–Kier alpha value is -4.00. The van der Waals surface area contributed by atoms with Gasteiger partial charge in [0.1, 0.15) is 0 Å². The molecule has 0 aliphatic heterocycles. The molecule has 0 unspecified atom stereocenters. The standard InChI is InChI=1S/C27H30F3N7O2/c28-27(29,30)23-8-4-3-7-21(23)18-33-25-35-24(32-12-14-39-16-15-38-13-11-31)36-26(37-25)34-22-10-9-19-5-1-2-6-20(19)17-22/h1-10,17H,11-16,18,31H2,(H3,32,33,34,35,36,37). The molecule has 5 N–H and O–H groups in total. The third kappa shape index (κ3) is 8.50. The highest BCUT2D eigenvalue weighted by Crippen LogP contribution is 2.32. The Morgan fingerprint density at radius 2 is 1.38 bits per heavy atom. The highest BCUT2D eigenvalue weighted by molar-refractivity contribution is 5.86. The van der Waals surface area contributed by atoms with Crippen LogP contribution in [0.25, 0.3) is 10.8 Å². The van der Waals surface area contributed by atoms with E-state index >= 15 is 0 Å². The molecule has 0 radical (unpaired) electrons. The first-order valence-corrected chi connectivity index (χ1v) is 12.4. The second kappa shape index (κ2) is 13.7. The van der Waals surface area contributed by atoms with Crippen molar-refractivity contribution in [1.29, 1.82) is 0 Å². The van der Waals surface area contributed by atoms with E-state index in [1.54, 1.807) is 6.07 Å². The van der Waals surface area contributed by atoms with Crippen molar-refractivity contribution in [3.05, 3.63) is 77.9 Å². The number of benzene rings is 3. The molecule has 1 heterocycles. The molecule has 0 saturated carbocycles. The fourth-order valence-corrected chi connectivity index (χ4v) is 3.75. The monoisotopic (exact) mass is 541 g/mol. The number of rotatable bonds is 14. The van der Waals surface area contributed by atoms with Crippen LogP contribution in [-0.4, -0.2) is 54.5 Å². The number of nitrogens with one attached hydrogen (secondary N) is 3. The number of halogens is 3. The summed E-state index contributed by atoms with van der Waals surface area (Å²) in [6.07, 6.45) is -4.47. The Balaban J connectivity index is 1.47. The minimum Gasteiger partial charge on any atom is -0.378 e. The Labute approximate surface area is 224 Å². The molecular formula is C27H30F3N7O2. The number of alkyl halides is 3. The van der Waals surface area contributed by atoms with Crippen LogP contribution >= 0.6 is 0 Å². The number of nitrogens with two attached hydrogens (primary N) is 1. The van der Waals surface area contributed by atoms with Crippen molar-refractivity contribution in [2.75, 3.05) is 55.5 Å². The minimum atomic E-state index is -4.47. The van der Waals surface area contributed by atoms with Crippen molar-refractivity contribution in [2.24, 2.45) is 5.73 Å². The number of nitrogens with zero attached hydrogens (tertiary/aromatic N) is 3. The van der Waals surface area contributed by atoms with Gasteiger partial charge in [-0.1, -0.05) is 48.5 Å². The van der Waals surface area contributed by atoms with E-state index in [0.717, 1.165) is 22.5 Å². The highest BCUT2D eigenvalue weighted by atomic mass is 19.4. The summed E-state index contributed by atoms with van der Waals surface area (Å²) in [5, 5.41) is 11.2. The van der Waals surface area contributed by atoms with Crippen LogP contribution in [0.3, 0.4) is 0 Å². The molecule has 39 heavy (non-hydrogen) atoms. The maximum absolute atomic E-state index is 13.4. The van der Waals surface area contributed by atoms with Gasteiger partial charge in [0.05, 0.1) is 32.0 Å². The van der Waals surface area contributed by atoms with E-state index in [2.05, 4.69) is 30.9 Å². The van der Waals surface area contributed by atoms with E-state index in [0.29, 0.717) is 39.5 Å². The second-order valence-electron chi connectivity index (χ2n) is 8.44. The van der Waals surface area contributed by atoms with Crippen LogP contribution in [0.5, 0.6) is 0 Å². The van der Waals surface area contributed by atoms with E-state index < -0.39 is 11.7 Å². The van der Waals surface area contributed by atoms with E-state index in [9.17, 15) is 13.2 Å². The van der Waals surface area contributed by atoms with Crippen LogP contribution in [0.15, 0.2) is 66.7 Å². The van der Waals surface area contributed by atoms with E-state index in [1.165, 1.54) is 12.1 Å². The van der Waals surface area contributed by atoms with Crippen LogP contribution in [0.4, 0.5) is 36.7 Å². The first-order chi connectivity index (χ1) is 18.9. The first-order valence-electron chi connectivity index (χ1n) is 12.4. The van der Waals surface area contributed by atoms with Gasteiger partial charge in [0.15, 0.2) is 0 Å². The van der Waals surface area contributed by atoms with Gasteiger partial charge in [-0.15, -0.1) is 0 Å². The summed E-state index contributed by atoms with van der Waals surface area (Å²) >= 11 is 0. The summed E-state index contributed by atoms with van der Waals surface area (Å²) in [4.78, 5) is 13.1. The summed E-state index contributed by atoms with van der Waals surface area (Å²) in [5.41, 5.74) is 5.49. The molecule has 0 bridgehead atoms. The lowest BCUT2D eigenvalue weighted by Crippen LogP contribution is -2.17. The van der Waals surface area contributed by atoms with Gasteiger partial charge >= 0.3 is 6.18 Å². The molecule has 0 saturated heterocycles. The Morgan fingerprint density at radius 1 is 0.718 bits per heavy atom. The van der Waals surface area contributed by atoms with Gasteiger partial charge in [-0.25, -0.2) is 0 Å². The molecule has 0 aliphatic carbocycles. The molecule has 4 aromatic rings. The topological polar surface area (TPSA) is 119 Å². The Bertz CT molecular complexity index is 1350. The average Bonchev–Trinajstić information content (AvgIpc) is 2.93. The lowest BCUT2D eigenvalue weighted by molar-refractivity contribution is -0.138. The summed E-state index contributed by atoms with van der Waals surface area (Å²) in [7, 11) is 0. The summed E-state index contributed by atoms with van der Waals surface area (Å²) in [5.74, 6) is 0.581. The van der Waals surface area contributed by atoms with Crippen LogP contribution < -0.4 is 21.7 Å². The second-order valence-corrected chi connectivity index (χ2v) is 8.44. The zero-order valence-electron chi connectivity index (χ0n) is 21.2. The molecule has 0 spiro atoms. The van der Waals surface area contributed by atoms with Crippen molar-refractivity contribution in [3.8, 4) is 0 Å². The zero-order valence-corrected chi connectivity index (χ0v) is 21.2. The summed E-state index contributed by atoms with van der Waals surface area (Å²) in [6.45, 7) is 2.42. The quantitative estimate of drug-likeness (QED) is 0.167. The molecular weight excluding hydrogens is 511 g/mol. The van der Waals surface area contributed by atoms with Gasteiger partial charge in [-0.2, -0.15) is 28.1 Å². The molecule has 0 atom stereocenters. The molecule has 0 fully saturated rings. The molecule has 3 aromatic carbocycles.